The predicted molar refractivity (Wildman–Crippen MR) is 83.6 cm³/mol. The summed E-state index contributed by atoms with van der Waals surface area (Å²) in [5, 5.41) is 4.33. The van der Waals surface area contributed by atoms with E-state index < -0.39 is 0 Å². The van der Waals surface area contributed by atoms with Gasteiger partial charge in [-0.1, -0.05) is 31.4 Å². The van der Waals surface area contributed by atoms with Crippen molar-refractivity contribution in [1.82, 2.24) is 5.32 Å². The minimum absolute atomic E-state index is 0.369. The molecular weight excluding hydrogens is 270 g/mol. The van der Waals surface area contributed by atoms with Crippen molar-refractivity contribution < 1.29 is 4.74 Å². The van der Waals surface area contributed by atoms with Crippen LogP contribution in [0.2, 0.25) is 5.02 Å². The third-order valence-corrected chi connectivity index (χ3v) is 5.71. The maximum atomic E-state index is 6.32. The highest BCUT2D eigenvalue weighted by Crippen LogP contribution is 2.54. The molecule has 1 spiro atoms. The van der Waals surface area contributed by atoms with Gasteiger partial charge in [-0.2, -0.15) is 0 Å². The normalized spacial score (nSPS) is 27.6. The van der Waals surface area contributed by atoms with Gasteiger partial charge in [-0.3, -0.25) is 0 Å². The average Bonchev–Trinajstić information content (AvgIpc) is 2.97. The predicted octanol–water partition coefficient (Wildman–Crippen LogP) is 4.20. The van der Waals surface area contributed by atoms with Gasteiger partial charge < -0.3 is 10.1 Å². The summed E-state index contributed by atoms with van der Waals surface area (Å²) in [6.45, 7) is 2.13. The molecule has 1 N–H and O–H groups in total. The summed E-state index contributed by atoms with van der Waals surface area (Å²) in [4.78, 5) is 0. The molecule has 0 heterocycles. The fourth-order valence-electron chi connectivity index (χ4n) is 4.08. The monoisotopic (exact) mass is 293 g/mol. The van der Waals surface area contributed by atoms with E-state index in [1.54, 1.807) is 0 Å². The third kappa shape index (κ3) is 2.23. The van der Waals surface area contributed by atoms with Crippen LogP contribution in [0.5, 0.6) is 5.75 Å². The molecule has 0 aromatic heterocycles. The Bertz CT molecular complexity index is 482. The number of aryl methyl sites for hydroxylation is 1. The number of halogens is 1. The molecule has 3 heteroatoms. The fourth-order valence-corrected chi connectivity index (χ4v) is 4.33. The van der Waals surface area contributed by atoms with Crippen molar-refractivity contribution in [3.8, 4) is 5.75 Å². The molecule has 110 valence electrons. The van der Waals surface area contributed by atoms with E-state index in [-0.39, 0.29) is 0 Å². The second-order valence-electron chi connectivity index (χ2n) is 6.23. The molecule has 0 bridgehead atoms. The Hall–Kier alpha value is -0.730. The highest BCUT2D eigenvalue weighted by Gasteiger charge is 2.56. The first kappa shape index (κ1) is 14.2. The van der Waals surface area contributed by atoms with Gasteiger partial charge in [0, 0.05) is 22.9 Å². The summed E-state index contributed by atoms with van der Waals surface area (Å²) in [7, 11) is 2.08. The maximum Gasteiger partial charge on any atom is 0.120 e. The molecule has 1 aromatic carbocycles. The number of hydrogen-bond acceptors (Lipinski definition) is 2. The molecule has 2 unspecified atom stereocenters. The Labute approximate surface area is 126 Å². The van der Waals surface area contributed by atoms with E-state index >= 15 is 0 Å². The molecule has 2 saturated carbocycles. The standard InChI is InChI=1S/C17H24ClNO/c1-3-12-10-13(6-7-14(12)18)20-16-11-15(19-2)17(16)8-4-5-9-17/h6-7,10,15-16,19H,3-5,8-9,11H2,1-2H3. The zero-order chi connectivity index (χ0) is 14.2. The Kier molecular flexibility index (Phi) is 3.96. The second-order valence-corrected chi connectivity index (χ2v) is 6.64. The largest absolute Gasteiger partial charge is 0.490 e. The summed E-state index contributed by atoms with van der Waals surface area (Å²) in [5.74, 6) is 0.983. The van der Waals surface area contributed by atoms with Crippen LogP contribution in [0.25, 0.3) is 0 Å². The first-order chi connectivity index (χ1) is 9.69. The highest BCUT2D eigenvalue weighted by molar-refractivity contribution is 6.31. The van der Waals surface area contributed by atoms with Crippen LogP contribution in [0, 0.1) is 5.41 Å². The summed E-state index contributed by atoms with van der Waals surface area (Å²) in [6.07, 6.45) is 7.74. The third-order valence-electron chi connectivity index (χ3n) is 5.34. The van der Waals surface area contributed by atoms with Crippen LogP contribution in [0.1, 0.15) is 44.6 Å². The zero-order valence-corrected chi connectivity index (χ0v) is 13.2. The van der Waals surface area contributed by atoms with Crippen molar-refractivity contribution in [2.24, 2.45) is 5.41 Å². The summed E-state index contributed by atoms with van der Waals surface area (Å²) < 4.78 is 6.32. The highest BCUT2D eigenvalue weighted by atomic mass is 35.5. The SMILES string of the molecule is CCc1cc(OC2CC(NC)C23CCCC3)ccc1Cl. The molecule has 0 saturated heterocycles. The van der Waals surface area contributed by atoms with E-state index in [0.717, 1.165) is 23.6 Å². The minimum atomic E-state index is 0.369. The van der Waals surface area contributed by atoms with Gasteiger partial charge in [-0.25, -0.2) is 0 Å². The molecule has 2 aliphatic rings. The van der Waals surface area contributed by atoms with Crippen molar-refractivity contribution in [2.45, 2.75) is 57.6 Å². The van der Waals surface area contributed by atoms with E-state index in [1.165, 1.54) is 31.2 Å². The quantitative estimate of drug-likeness (QED) is 0.898. The number of benzene rings is 1. The van der Waals surface area contributed by atoms with Crippen LogP contribution in [0.4, 0.5) is 0 Å². The smallest absolute Gasteiger partial charge is 0.120 e. The first-order valence-electron chi connectivity index (χ1n) is 7.82. The lowest BCUT2D eigenvalue weighted by molar-refractivity contribution is -0.0736. The lowest BCUT2D eigenvalue weighted by Gasteiger charge is -2.53. The molecule has 2 atom stereocenters. The van der Waals surface area contributed by atoms with Gasteiger partial charge in [-0.05, 0) is 50.1 Å². The molecule has 0 amide bonds. The first-order valence-corrected chi connectivity index (χ1v) is 8.20. The van der Waals surface area contributed by atoms with Gasteiger partial charge in [0.2, 0.25) is 0 Å². The van der Waals surface area contributed by atoms with E-state index in [4.69, 9.17) is 16.3 Å². The van der Waals surface area contributed by atoms with Crippen molar-refractivity contribution in [3.05, 3.63) is 28.8 Å². The van der Waals surface area contributed by atoms with Gasteiger partial charge in [0.15, 0.2) is 0 Å². The van der Waals surface area contributed by atoms with Crippen molar-refractivity contribution in [2.75, 3.05) is 7.05 Å². The Morgan fingerprint density at radius 1 is 1.35 bits per heavy atom. The zero-order valence-electron chi connectivity index (χ0n) is 12.4. The van der Waals surface area contributed by atoms with E-state index in [9.17, 15) is 0 Å². The van der Waals surface area contributed by atoms with Crippen LogP contribution < -0.4 is 10.1 Å². The van der Waals surface area contributed by atoms with E-state index in [0.29, 0.717) is 17.6 Å². The van der Waals surface area contributed by atoms with Crippen molar-refractivity contribution in [1.29, 1.82) is 0 Å². The molecule has 2 fully saturated rings. The van der Waals surface area contributed by atoms with Gasteiger partial charge >= 0.3 is 0 Å². The molecule has 2 nitrogen and oxygen atoms in total. The molecule has 0 aliphatic heterocycles. The lowest BCUT2D eigenvalue weighted by Crippen LogP contribution is -2.63. The van der Waals surface area contributed by atoms with Crippen LogP contribution in [-0.4, -0.2) is 19.2 Å². The van der Waals surface area contributed by atoms with Crippen molar-refractivity contribution >= 4 is 11.6 Å². The van der Waals surface area contributed by atoms with Crippen LogP contribution in [0.3, 0.4) is 0 Å². The Balaban J connectivity index is 1.75. The second kappa shape index (κ2) is 5.57. The molecule has 1 aromatic rings. The number of rotatable bonds is 4. The maximum absolute atomic E-state index is 6.32. The van der Waals surface area contributed by atoms with Gasteiger partial charge in [0.1, 0.15) is 11.9 Å². The number of hydrogen-bond donors (Lipinski definition) is 1. The Morgan fingerprint density at radius 2 is 2.10 bits per heavy atom. The number of nitrogens with one attached hydrogen (secondary N) is 1. The topological polar surface area (TPSA) is 21.3 Å². The summed E-state index contributed by atoms with van der Waals surface area (Å²) in [5.41, 5.74) is 1.55. The van der Waals surface area contributed by atoms with Crippen LogP contribution >= 0.6 is 11.6 Å². The molecule has 3 rings (SSSR count). The fraction of sp³-hybridized carbons (Fsp3) is 0.647. The number of ether oxygens (including phenoxy) is 1. The van der Waals surface area contributed by atoms with Gasteiger partial charge in [0.05, 0.1) is 0 Å². The van der Waals surface area contributed by atoms with E-state index in [1.807, 2.05) is 12.1 Å². The minimum Gasteiger partial charge on any atom is -0.490 e. The van der Waals surface area contributed by atoms with Gasteiger partial charge in [0.25, 0.3) is 0 Å². The van der Waals surface area contributed by atoms with Crippen LogP contribution in [0.15, 0.2) is 18.2 Å². The van der Waals surface area contributed by atoms with Crippen molar-refractivity contribution in [3.63, 3.8) is 0 Å². The van der Waals surface area contributed by atoms with Gasteiger partial charge in [-0.15, -0.1) is 0 Å². The summed E-state index contributed by atoms with van der Waals surface area (Å²) >= 11 is 6.18. The molecule has 2 aliphatic carbocycles. The Morgan fingerprint density at radius 3 is 2.75 bits per heavy atom. The molecule has 0 radical (unpaired) electrons. The molecule has 20 heavy (non-hydrogen) atoms. The molecular formula is C17H24ClNO. The van der Waals surface area contributed by atoms with E-state index in [2.05, 4.69) is 25.4 Å². The average molecular weight is 294 g/mol. The van der Waals surface area contributed by atoms with Crippen LogP contribution in [-0.2, 0) is 6.42 Å². The summed E-state index contributed by atoms with van der Waals surface area (Å²) in [6, 6.07) is 6.72. The lowest BCUT2D eigenvalue weighted by atomic mass is 9.60.